The van der Waals surface area contributed by atoms with E-state index in [2.05, 4.69) is 17.0 Å². The lowest BCUT2D eigenvalue weighted by molar-refractivity contribution is 0.339. The van der Waals surface area contributed by atoms with Gasteiger partial charge in [0.05, 0.1) is 12.3 Å². The summed E-state index contributed by atoms with van der Waals surface area (Å²) >= 11 is 2.69. The summed E-state index contributed by atoms with van der Waals surface area (Å²) in [6.45, 7) is 2.69. The molecular formula is C15H20N2OS2. The van der Waals surface area contributed by atoms with Gasteiger partial charge in [-0.2, -0.15) is 0 Å². The molecule has 1 aliphatic carbocycles. The zero-order valence-corrected chi connectivity index (χ0v) is 13.4. The molecule has 3 nitrogen and oxygen atoms in total. The Balaban J connectivity index is 1.86. The molecule has 0 aromatic heterocycles. The third kappa shape index (κ3) is 2.76. The molecule has 5 heteroatoms. The van der Waals surface area contributed by atoms with Crippen molar-refractivity contribution in [2.45, 2.75) is 54.7 Å². The maximum absolute atomic E-state index is 9.63. The SMILES string of the molecule is CCOc1ccc2c(c1)SC(S[N])N2C1CCCCC1. The van der Waals surface area contributed by atoms with Gasteiger partial charge in [0.15, 0.2) is 0 Å². The van der Waals surface area contributed by atoms with E-state index in [1.165, 1.54) is 42.7 Å². The van der Waals surface area contributed by atoms with Crippen molar-refractivity contribution in [2.75, 3.05) is 11.5 Å². The summed E-state index contributed by atoms with van der Waals surface area (Å²) in [4.78, 5) is 3.65. The van der Waals surface area contributed by atoms with Gasteiger partial charge in [-0.15, -0.1) is 0 Å². The highest BCUT2D eigenvalue weighted by Gasteiger charge is 2.36. The fourth-order valence-corrected chi connectivity index (χ4v) is 5.10. The van der Waals surface area contributed by atoms with Crippen LogP contribution in [0.15, 0.2) is 23.1 Å². The van der Waals surface area contributed by atoms with Crippen LogP contribution in [0.5, 0.6) is 5.75 Å². The van der Waals surface area contributed by atoms with Crippen molar-refractivity contribution in [1.82, 2.24) is 5.14 Å². The summed E-state index contributed by atoms with van der Waals surface area (Å²) in [6.07, 6.45) is 6.45. The van der Waals surface area contributed by atoms with Crippen molar-refractivity contribution < 1.29 is 4.74 Å². The van der Waals surface area contributed by atoms with Gasteiger partial charge in [0, 0.05) is 10.9 Å². The first-order valence-corrected chi connectivity index (χ1v) is 9.07. The molecule has 108 valence electrons. The number of thioether (sulfide) groups is 1. The zero-order valence-electron chi connectivity index (χ0n) is 11.7. The van der Waals surface area contributed by atoms with E-state index >= 15 is 0 Å². The summed E-state index contributed by atoms with van der Waals surface area (Å²) < 4.78 is 5.67. The Hall–Kier alpha value is -0.520. The second-order valence-electron chi connectivity index (χ2n) is 5.29. The van der Waals surface area contributed by atoms with Crippen LogP contribution in [0.4, 0.5) is 5.69 Å². The molecule has 1 aromatic rings. The predicted octanol–water partition coefficient (Wildman–Crippen LogP) is 4.33. The molecule has 0 saturated heterocycles. The molecule has 1 unspecified atom stereocenters. The minimum Gasteiger partial charge on any atom is -0.494 e. The molecule has 0 N–H and O–H groups in total. The molecule has 1 atom stereocenters. The Bertz CT molecular complexity index is 463. The van der Waals surface area contributed by atoms with E-state index in [-0.39, 0.29) is 4.71 Å². The number of fused-ring (bicyclic) bond motifs is 1. The molecule has 1 aliphatic heterocycles. The van der Waals surface area contributed by atoms with Crippen LogP contribution in [0, 0.1) is 0 Å². The molecule has 1 saturated carbocycles. The van der Waals surface area contributed by atoms with E-state index in [4.69, 9.17) is 4.74 Å². The first kappa shape index (κ1) is 14.4. The minimum absolute atomic E-state index is 0.0879. The molecule has 3 rings (SSSR count). The van der Waals surface area contributed by atoms with Crippen molar-refractivity contribution in [2.24, 2.45) is 0 Å². The maximum atomic E-state index is 9.63. The normalized spacial score (nSPS) is 22.9. The Labute approximate surface area is 129 Å². The molecule has 1 aromatic carbocycles. The Morgan fingerprint density at radius 3 is 2.85 bits per heavy atom. The minimum atomic E-state index is 0.0879. The summed E-state index contributed by atoms with van der Waals surface area (Å²) in [5, 5.41) is 9.63. The van der Waals surface area contributed by atoms with Gasteiger partial charge in [0.2, 0.25) is 0 Å². The van der Waals surface area contributed by atoms with Crippen molar-refractivity contribution in [3.63, 3.8) is 0 Å². The number of nitrogens with zero attached hydrogens (tertiary/aromatic N) is 2. The van der Waals surface area contributed by atoms with Crippen LogP contribution in [-0.4, -0.2) is 17.4 Å². The molecule has 1 fully saturated rings. The summed E-state index contributed by atoms with van der Waals surface area (Å²) in [5.41, 5.74) is 1.26. The third-order valence-electron chi connectivity index (χ3n) is 4.03. The van der Waals surface area contributed by atoms with Gasteiger partial charge in [-0.3, -0.25) is 0 Å². The van der Waals surface area contributed by atoms with Gasteiger partial charge in [-0.25, -0.2) is 0 Å². The number of anilines is 1. The predicted molar refractivity (Wildman–Crippen MR) is 86.3 cm³/mol. The van der Waals surface area contributed by atoms with Gasteiger partial charge < -0.3 is 9.64 Å². The van der Waals surface area contributed by atoms with Crippen LogP contribution >= 0.6 is 23.7 Å². The van der Waals surface area contributed by atoms with Gasteiger partial charge >= 0.3 is 0 Å². The van der Waals surface area contributed by atoms with Crippen LogP contribution in [0.25, 0.3) is 0 Å². The summed E-state index contributed by atoms with van der Waals surface area (Å²) in [5.74, 6) is 0.922. The second kappa shape index (κ2) is 6.50. The van der Waals surface area contributed by atoms with Crippen molar-refractivity contribution >= 4 is 29.4 Å². The third-order valence-corrected chi connectivity index (χ3v) is 6.00. The molecule has 2 radical (unpaired) electrons. The van der Waals surface area contributed by atoms with Crippen molar-refractivity contribution in [3.8, 4) is 5.75 Å². The first-order valence-electron chi connectivity index (χ1n) is 7.35. The second-order valence-corrected chi connectivity index (χ2v) is 7.37. The number of hydrogen-bond acceptors (Lipinski definition) is 4. The highest BCUT2D eigenvalue weighted by molar-refractivity contribution is 8.16. The van der Waals surface area contributed by atoms with Crippen molar-refractivity contribution in [3.05, 3.63) is 18.2 Å². The van der Waals surface area contributed by atoms with Crippen LogP contribution in [-0.2, 0) is 0 Å². The van der Waals surface area contributed by atoms with Gasteiger partial charge in [-0.1, -0.05) is 36.2 Å². The molecule has 2 aliphatic rings. The van der Waals surface area contributed by atoms with E-state index < -0.39 is 0 Å². The van der Waals surface area contributed by atoms with E-state index in [1.54, 1.807) is 11.8 Å². The largest absolute Gasteiger partial charge is 0.494 e. The molecule has 0 bridgehead atoms. The van der Waals surface area contributed by atoms with Crippen LogP contribution in [0.3, 0.4) is 0 Å². The fourth-order valence-electron chi connectivity index (χ4n) is 3.14. The zero-order chi connectivity index (χ0) is 13.9. The summed E-state index contributed by atoms with van der Waals surface area (Å²) in [7, 11) is 0. The maximum Gasteiger partial charge on any atom is 0.144 e. The van der Waals surface area contributed by atoms with Gasteiger partial charge in [0.25, 0.3) is 0 Å². The topological polar surface area (TPSA) is 34.8 Å². The van der Waals surface area contributed by atoms with E-state index in [0.717, 1.165) is 17.7 Å². The van der Waals surface area contributed by atoms with Crippen LogP contribution in [0.2, 0.25) is 0 Å². The van der Waals surface area contributed by atoms with Gasteiger partial charge in [-0.05, 0) is 49.9 Å². The van der Waals surface area contributed by atoms with E-state index in [1.807, 2.05) is 13.0 Å². The van der Waals surface area contributed by atoms with Crippen LogP contribution in [0.1, 0.15) is 39.0 Å². The quantitative estimate of drug-likeness (QED) is 0.775. The molecule has 0 spiro atoms. The summed E-state index contributed by atoms with van der Waals surface area (Å²) in [6, 6.07) is 6.87. The highest BCUT2D eigenvalue weighted by Crippen LogP contribution is 2.50. The number of hydrogen-bond donors (Lipinski definition) is 0. The molecule has 20 heavy (non-hydrogen) atoms. The lowest BCUT2D eigenvalue weighted by atomic mass is 9.94. The van der Waals surface area contributed by atoms with E-state index in [0.29, 0.717) is 12.6 Å². The lowest BCUT2D eigenvalue weighted by Gasteiger charge is -2.35. The molecular weight excluding hydrogens is 288 g/mol. The average Bonchev–Trinajstić information content (AvgIpc) is 2.86. The highest BCUT2D eigenvalue weighted by atomic mass is 32.2. The van der Waals surface area contributed by atoms with E-state index in [9.17, 15) is 5.14 Å². The Morgan fingerprint density at radius 2 is 2.15 bits per heavy atom. The molecule has 1 heterocycles. The van der Waals surface area contributed by atoms with Crippen molar-refractivity contribution in [1.29, 1.82) is 0 Å². The Morgan fingerprint density at radius 1 is 1.35 bits per heavy atom. The Kier molecular flexibility index (Phi) is 4.68. The lowest BCUT2D eigenvalue weighted by Crippen LogP contribution is -2.39. The monoisotopic (exact) mass is 308 g/mol. The van der Waals surface area contributed by atoms with Crippen LogP contribution < -0.4 is 14.8 Å². The smallest absolute Gasteiger partial charge is 0.144 e. The number of benzene rings is 1. The standard InChI is InChI=1S/C15H20N2OS2/c1-2-18-12-8-9-13-14(10-12)19-15(20-16)17(13)11-6-4-3-5-7-11/h8-11,15H,2-7H2,1H3. The number of ether oxygens (including phenoxy) is 1. The number of rotatable bonds is 4. The average molecular weight is 308 g/mol. The molecule has 0 amide bonds. The fraction of sp³-hybridized carbons (Fsp3) is 0.600. The van der Waals surface area contributed by atoms with Gasteiger partial charge in [0.1, 0.15) is 10.5 Å². The first-order chi connectivity index (χ1) is 9.83.